The number of benzene rings is 1. The molecule has 0 fully saturated rings. The zero-order chi connectivity index (χ0) is 13.0. The summed E-state index contributed by atoms with van der Waals surface area (Å²) in [7, 11) is 0. The molecule has 0 unspecified atom stereocenters. The number of nitrogens with two attached hydrogens (primary N) is 1. The Bertz CT molecular complexity index is 579. The fourth-order valence-electron chi connectivity index (χ4n) is 1.89. The van der Waals surface area contributed by atoms with E-state index in [1.165, 1.54) is 0 Å². The summed E-state index contributed by atoms with van der Waals surface area (Å²) in [5.41, 5.74) is 7.17. The van der Waals surface area contributed by atoms with Crippen molar-refractivity contribution in [1.82, 2.24) is 14.8 Å². The number of nitriles is 1. The fraction of sp³-hybridized carbons (Fsp3) is 0.308. The van der Waals surface area contributed by atoms with E-state index in [-0.39, 0.29) is 0 Å². The molecule has 5 heteroatoms. The molecule has 0 saturated carbocycles. The maximum Gasteiger partial charge on any atom is 0.164 e. The van der Waals surface area contributed by atoms with Crippen molar-refractivity contribution in [3.8, 4) is 17.5 Å². The average Bonchev–Trinajstić information content (AvgIpc) is 2.82. The van der Waals surface area contributed by atoms with Crippen LogP contribution in [0, 0.1) is 11.3 Å². The monoisotopic (exact) mass is 241 g/mol. The number of nitrogens with zero attached hydrogens (tertiary/aromatic N) is 4. The summed E-state index contributed by atoms with van der Waals surface area (Å²) in [6.07, 6.45) is 0.982. The van der Waals surface area contributed by atoms with E-state index in [2.05, 4.69) is 23.2 Å². The molecule has 0 atom stereocenters. The fourth-order valence-corrected chi connectivity index (χ4v) is 1.89. The SMILES string of the molecule is CCCn1c(CN)nnc1-c1cccc(C#N)c1. The van der Waals surface area contributed by atoms with Gasteiger partial charge in [0.15, 0.2) is 5.82 Å². The van der Waals surface area contributed by atoms with Gasteiger partial charge in [0.25, 0.3) is 0 Å². The lowest BCUT2D eigenvalue weighted by molar-refractivity contribution is 0.644. The number of rotatable bonds is 4. The first-order chi connectivity index (χ1) is 8.80. The first kappa shape index (κ1) is 12.3. The van der Waals surface area contributed by atoms with Crippen LogP contribution in [0.25, 0.3) is 11.4 Å². The molecule has 92 valence electrons. The molecule has 1 heterocycles. The second-order valence-electron chi connectivity index (χ2n) is 3.99. The summed E-state index contributed by atoms with van der Waals surface area (Å²) in [5.74, 6) is 1.55. The Balaban J connectivity index is 2.49. The van der Waals surface area contributed by atoms with Crippen molar-refractivity contribution in [3.63, 3.8) is 0 Å². The molecule has 0 radical (unpaired) electrons. The molecule has 0 aliphatic rings. The van der Waals surface area contributed by atoms with Gasteiger partial charge < -0.3 is 10.3 Å². The Labute approximate surface area is 106 Å². The molecule has 2 rings (SSSR count). The van der Waals surface area contributed by atoms with Gasteiger partial charge in [0, 0.05) is 12.1 Å². The third-order valence-electron chi connectivity index (χ3n) is 2.71. The van der Waals surface area contributed by atoms with Crippen molar-refractivity contribution in [3.05, 3.63) is 35.7 Å². The molecular weight excluding hydrogens is 226 g/mol. The lowest BCUT2D eigenvalue weighted by Crippen LogP contribution is -2.09. The number of hydrogen-bond acceptors (Lipinski definition) is 4. The predicted octanol–water partition coefficient (Wildman–Crippen LogP) is 1.69. The van der Waals surface area contributed by atoms with Crippen LogP contribution < -0.4 is 5.73 Å². The third-order valence-corrected chi connectivity index (χ3v) is 2.71. The van der Waals surface area contributed by atoms with Crippen LogP contribution in [0.15, 0.2) is 24.3 Å². The van der Waals surface area contributed by atoms with Crippen molar-refractivity contribution < 1.29 is 0 Å². The van der Waals surface area contributed by atoms with Gasteiger partial charge in [-0.1, -0.05) is 19.1 Å². The molecule has 0 aliphatic heterocycles. The van der Waals surface area contributed by atoms with E-state index in [0.717, 1.165) is 30.2 Å². The van der Waals surface area contributed by atoms with Gasteiger partial charge in [-0.3, -0.25) is 0 Å². The molecule has 5 nitrogen and oxygen atoms in total. The van der Waals surface area contributed by atoms with E-state index >= 15 is 0 Å². The highest BCUT2D eigenvalue weighted by Gasteiger charge is 2.12. The van der Waals surface area contributed by atoms with E-state index in [4.69, 9.17) is 11.0 Å². The van der Waals surface area contributed by atoms with Gasteiger partial charge >= 0.3 is 0 Å². The predicted molar refractivity (Wildman–Crippen MR) is 68.4 cm³/mol. The van der Waals surface area contributed by atoms with Crippen molar-refractivity contribution in [2.75, 3.05) is 0 Å². The first-order valence-corrected chi connectivity index (χ1v) is 5.92. The summed E-state index contributed by atoms with van der Waals surface area (Å²) in [6, 6.07) is 9.49. The van der Waals surface area contributed by atoms with Crippen molar-refractivity contribution >= 4 is 0 Å². The average molecular weight is 241 g/mol. The molecule has 2 aromatic rings. The summed E-state index contributed by atoms with van der Waals surface area (Å²) in [6.45, 7) is 3.28. The summed E-state index contributed by atoms with van der Waals surface area (Å²) in [5, 5.41) is 17.2. The minimum absolute atomic E-state index is 0.366. The molecule has 2 N–H and O–H groups in total. The Morgan fingerprint density at radius 3 is 2.89 bits per heavy atom. The van der Waals surface area contributed by atoms with Crippen LogP contribution in [-0.4, -0.2) is 14.8 Å². The van der Waals surface area contributed by atoms with Crippen LogP contribution in [0.2, 0.25) is 0 Å². The van der Waals surface area contributed by atoms with Crippen LogP contribution in [-0.2, 0) is 13.1 Å². The summed E-state index contributed by atoms with van der Waals surface area (Å²) in [4.78, 5) is 0. The second kappa shape index (κ2) is 5.43. The second-order valence-corrected chi connectivity index (χ2v) is 3.99. The highest BCUT2D eigenvalue weighted by molar-refractivity contribution is 5.58. The molecule has 1 aromatic carbocycles. The zero-order valence-corrected chi connectivity index (χ0v) is 10.3. The minimum Gasteiger partial charge on any atom is -0.324 e. The van der Waals surface area contributed by atoms with Crippen LogP contribution >= 0.6 is 0 Å². The highest BCUT2D eigenvalue weighted by Crippen LogP contribution is 2.19. The van der Waals surface area contributed by atoms with E-state index in [9.17, 15) is 0 Å². The molecule has 0 saturated heterocycles. The molecule has 0 spiro atoms. The Morgan fingerprint density at radius 1 is 1.39 bits per heavy atom. The van der Waals surface area contributed by atoms with Crippen molar-refractivity contribution in [1.29, 1.82) is 5.26 Å². The minimum atomic E-state index is 0.366. The summed E-state index contributed by atoms with van der Waals surface area (Å²) >= 11 is 0. The van der Waals surface area contributed by atoms with Gasteiger partial charge in [0.05, 0.1) is 18.2 Å². The van der Waals surface area contributed by atoms with E-state index in [1.54, 1.807) is 6.07 Å². The van der Waals surface area contributed by atoms with E-state index in [1.807, 2.05) is 22.8 Å². The Kier molecular flexibility index (Phi) is 3.70. The first-order valence-electron chi connectivity index (χ1n) is 5.92. The van der Waals surface area contributed by atoms with Gasteiger partial charge in [-0.25, -0.2) is 0 Å². The third kappa shape index (κ3) is 2.24. The summed E-state index contributed by atoms with van der Waals surface area (Å²) < 4.78 is 2.01. The normalized spacial score (nSPS) is 10.3. The maximum atomic E-state index is 8.92. The smallest absolute Gasteiger partial charge is 0.164 e. The lowest BCUT2D eigenvalue weighted by atomic mass is 10.1. The van der Waals surface area contributed by atoms with Crippen molar-refractivity contribution in [2.24, 2.45) is 5.73 Å². The largest absolute Gasteiger partial charge is 0.324 e. The van der Waals surface area contributed by atoms with Gasteiger partial charge in [-0.05, 0) is 18.6 Å². The van der Waals surface area contributed by atoms with Gasteiger partial charge in [0.1, 0.15) is 5.82 Å². The molecular formula is C13H15N5. The topological polar surface area (TPSA) is 80.5 Å². The Morgan fingerprint density at radius 2 is 2.22 bits per heavy atom. The zero-order valence-electron chi connectivity index (χ0n) is 10.3. The van der Waals surface area contributed by atoms with E-state index < -0.39 is 0 Å². The van der Waals surface area contributed by atoms with Crippen LogP contribution in [0.3, 0.4) is 0 Å². The molecule has 18 heavy (non-hydrogen) atoms. The Hall–Kier alpha value is -2.19. The molecule has 0 bridgehead atoms. The number of aromatic nitrogens is 3. The van der Waals surface area contributed by atoms with Gasteiger partial charge in [0.2, 0.25) is 0 Å². The highest BCUT2D eigenvalue weighted by atomic mass is 15.3. The van der Waals surface area contributed by atoms with Crippen LogP contribution in [0.5, 0.6) is 0 Å². The maximum absolute atomic E-state index is 8.92. The molecule has 1 aromatic heterocycles. The number of hydrogen-bond donors (Lipinski definition) is 1. The lowest BCUT2D eigenvalue weighted by Gasteiger charge is -2.08. The van der Waals surface area contributed by atoms with Gasteiger partial charge in [-0.2, -0.15) is 5.26 Å². The van der Waals surface area contributed by atoms with Crippen molar-refractivity contribution in [2.45, 2.75) is 26.4 Å². The van der Waals surface area contributed by atoms with E-state index in [0.29, 0.717) is 12.1 Å². The van der Waals surface area contributed by atoms with Crippen LogP contribution in [0.1, 0.15) is 24.7 Å². The standard InChI is InChI=1S/C13H15N5/c1-2-6-18-12(9-15)16-17-13(18)11-5-3-4-10(7-11)8-14/h3-5,7H,2,6,9,15H2,1H3. The van der Waals surface area contributed by atoms with Gasteiger partial charge in [-0.15, -0.1) is 10.2 Å². The molecule has 0 amide bonds. The molecule has 0 aliphatic carbocycles. The van der Waals surface area contributed by atoms with Crippen LogP contribution in [0.4, 0.5) is 0 Å². The quantitative estimate of drug-likeness (QED) is 0.883.